The summed E-state index contributed by atoms with van der Waals surface area (Å²) in [6.07, 6.45) is 2.08. The first-order valence-electron chi connectivity index (χ1n) is 8.14. The van der Waals surface area contributed by atoms with Crippen LogP contribution in [0.4, 0.5) is 0 Å². The van der Waals surface area contributed by atoms with Crippen LogP contribution in [0.5, 0.6) is 11.5 Å². The number of carbonyl (C=O) groups excluding carboxylic acids is 1. The lowest BCUT2D eigenvalue weighted by atomic mass is 10.0. The molecule has 1 heterocycles. The molecule has 0 saturated carbocycles. The monoisotopic (exact) mass is 347 g/mol. The lowest BCUT2D eigenvalue weighted by Gasteiger charge is -2.10. The first-order valence-corrected chi connectivity index (χ1v) is 8.14. The topological polar surface area (TPSA) is 99.6 Å². The minimum atomic E-state index is -0.318. The van der Waals surface area contributed by atoms with E-state index in [0.29, 0.717) is 29.9 Å². The van der Waals surface area contributed by atoms with Crippen molar-refractivity contribution in [1.82, 2.24) is 10.3 Å². The van der Waals surface area contributed by atoms with Crippen LogP contribution in [0.1, 0.15) is 48.3 Å². The first kappa shape index (κ1) is 18.8. The summed E-state index contributed by atoms with van der Waals surface area (Å²) in [5.74, 6) is 1.73. The van der Waals surface area contributed by atoms with E-state index >= 15 is 0 Å². The minimum Gasteiger partial charge on any atom is -0.493 e. The molecular formula is C18H25N3O4. The molecule has 0 fully saturated rings. The Morgan fingerprint density at radius 3 is 2.64 bits per heavy atom. The maximum Gasteiger partial charge on any atom is 0.273 e. The van der Waals surface area contributed by atoms with Gasteiger partial charge in [0.15, 0.2) is 17.2 Å². The molecule has 136 valence electrons. The van der Waals surface area contributed by atoms with Gasteiger partial charge in [-0.25, -0.2) is 4.98 Å². The van der Waals surface area contributed by atoms with Crippen LogP contribution >= 0.6 is 0 Å². The van der Waals surface area contributed by atoms with Crippen molar-refractivity contribution in [3.05, 3.63) is 41.6 Å². The van der Waals surface area contributed by atoms with Crippen molar-refractivity contribution in [2.45, 2.75) is 32.9 Å². The van der Waals surface area contributed by atoms with Gasteiger partial charge in [0.05, 0.1) is 20.3 Å². The van der Waals surface area contributed by atoms with Crippen LogP contribution in [0.25, 0.3) is 0 Å². The number of hydrogen-bond acceptors (Lipinski definition) is 6. The number of nitrogens with one attached hydrogen (secondary N) is 1. The summed E-state index contributed by atoms with van der Waals surface area (Å²) in [5.41, 5.74) is 7.12. The second-order valence-electron chi connectivity index (χ2n) is 6.18. The van der Waals surface area contributed by atoms with Gasteiger partial charge >= 0.3 is 0 Å². The van der Waals surface area contributed by atoms with Crippen molar-refractivity contribution in [3.8, 4) is 11.5 Å². The first-order chi connectivity index (χ1) is 11.9. The van der Waals surface area contributed by atoms with Crippen LogP contribution in [-0.2, 0) is 6.54 Å². The molecular weight excluding hydrogens is 322 g/mol. The second kappa shape index (κ2) is 8.53. The van der Waals surface area contributed by atoms with Gasteiger partial charge in [-0.1, -0.05) is 19.9 Å². The third kappa shape index (κ3) is 4.96. The SMILES string of the molecule is COc1ccc(CNC(=O)c2coc(C(N)CC(C)C)n2)cc1OC. The van der Waals surface area contributed by atoms with Gasteiger partial charge in [-0.3, -0.25) is 4.79 Å². The molecule has 1 amide bonds. The summed E-state index contributed by atoms with van der Waals surface area (Å²) in [7, 11) is 3.14. The van der Waals surface area contributed by atoms with Crippen LogP contribution in [0.2, 0.25) is 0 Å². The number of nitrogens with two attached hydrogens (primary N) is 1. The van der Waals surface area contributed by atoms with Crippen molar-refractivity contribution in [2.24, 2.45) is 11.7 Å². The van der Waals surface area contributed by atoms with Crippen molar-refractivity contribution in [2.75, 3.05) is 14.2 Å². The van der Waals surface area contributed by atoms with E-state index in [2.05, 4.69) is 24.1 Å². The lowest BCUT2D eigenvalue weighted by Crippen LogP contribution is -2.23. The molecule has 0 saturated heterocycles. The van der Waals surface area contributed by atoms with Gasteiger partial charge in [-0.05, 0) is 30.0 Å². The molecule has 25 heavy (non-hydrogen) atoms. The normalized spacial score (nSPS) is 12.1. The fraction of sp³-hybridized carbons (Fsp3) is 0.444. The number of rotatable bonds is 8. The van der Waals surface area contributed by atoms with Crippen LogP contribution < -0.4 is 20.5 Å². The highest BCUT2D eigenvalue weighted by Gasteiger charge is 2.18. The molecule has 1 aromatic carbocycles. The van der Waals surface area contributed by atoms with E-state index in [1.54, 1.807) is 20.3 Å². The molecule has 1 atom stereocenters. The van der Waals surface area contributed by atoms with E-state index in [1.165, 1.54) is 6.26 Å². The number of carbonyl (C=O) groups is 1. The summed E-state index contributed by atoms with van der Waals surface area (Å²) in [6, 6.07) is 5.15. The summed E-state index contributed by atoms with van der Waals surface area (Å²) in [5, 5.41) is 2.80. The van der Waals surface area contributed by atoms with Crippen molar-refractivity contribution >= 4 is 5.91 Å². The highest BCUT2D eigenvalue weighted by Crippen LogP contribution is 2.27. The molecule has 7 nitrogen and oxygen atoms in total. The summed E-state index contributed by atoms with van der Waals surface area (Å²) in [4.78, 5) is 16.4. The van der Waals surface area contributed by atoms with Gasteiger partial charge < -0.3 is 24.9 Å². The zero-order valence-corrected chi connectivity index (χ0v) is 15.0. The van der Waals surface area contributed by atoms with Crippen LogP contribution in [0.15, 0.2) is 28.9 Å². The van der Waals surface area contributed by atoms with Gasteiger partial charge in [0.1, 0.15) is 6.26 Å². The standard InChI is InChI=1S/C18H25N3O4/c1-11(2)7-13(19)18-21-14(10-25-18)17(22)20-9-12-5-6-15(23-3)16(8-12)24-4/h5-6,8,10-11,13H,7,9,19H2,1-4H3,(H,20,22). The zero-order chi connectivity index (χ0) is 18.4. The van der Waals surface area contributed by atoms with Crippen molar-refractivity contribution in [3.63, 3.8) is 0 Å². The zero-order valence-electron chi connectivity index (χ0n) is 15.0. The van der Waals surface area contributed by atoms with E-state index in [-0.39, 0.29) is 17.6 Å². The molecule has 0 aliphatic carbocycles. The third-order valence-electron chi connectivity index (χ3n) is 3.70. The largest absolute Gasteiger partial charge is 0.493 e. The van der Waals surface area contributed by atoms with Gasteiger partial charge in [0.2, 0.25) is 5.89 Å². The molecule has 1 aromatic heterocycles. The van der Waals surface area contributed by atoms with Gasteiger partial charge in [0, 0.05) is 6.54 Å². The number of benzene rings is 1. The minimum absolute atomic E-state index is 0.217. The lowest BCUT2D eigenvalue weighted by molar-refractivity contribution is 0.0946. The smallest absolute Gasteiger partial charge is 0.273 e. The summed E-state index contributed by atoms with van der Waals surface area (Å²) in [6.45, 7) is 4.47. The number of aromatic nitrogens is 1. The molecule has 0 aliphatic rings. The van der Waals surface area contributed by atoms with E-state index in [4.69, 9.17) is 19.6 Å². The van der Waals surface area contributed by atoms with E-state index in [9.17, 15) is 4.79 Å². The van der Waals surface area contributed by atoms with Crippen molar-refractivity contribution < 1.29 is 18.7 Å². The molecule has 7 heteroatoms. The number of hydrogen-bond donors (Lipinski definition) is 2. The summed E-state index contributed by atoms with van der Waals surface area (Å²) >= 11 is 0. The van der Waals surface area contributed by atoms with E-state index in [0.717, 1.165) is 12.0 Å². The predicted molar refractivity (Wildman–Crippen MR) is 93.6 cm³/mol. The molecule has 0 spiro atoms. The molecule has 0 radical (unpaired) electrons. The number of nitrogens with zero attached hydrogens (tertiary/aromatic N) is 1. The fourth-order valence-electron chi connectivity index (χ4n) is 2.43. The molecule has 0 bridgehead atoms. The van der Waals surface area contributed by atoms with Gasteiger partial charge in [-0.15, -0.1) is 0 Å². The maximum atomic E-state index is 12.2. The fourth-order valence-corrected chi connectivity index (χ4v) is 2.43. The Labute approximate surface area is 147 Å². The van der Waals surface area contributed by atoms with Crippen molar-refractivity contribution in [1.29, 1.82) is 0 Å². The Morgan fingerprint density at radius 2 is 2.00 bits per heavy atom. The average Bonchev–Trinajstić information content (AvgIpc) is 3.09. The average molecular weight is 347 g/mol. The molecule has 2 aromatic rings. The third-order valence-corrected chi connectivity index (χ3v) is 3.70. The van der Waals surface area contributed by atoms with Gasteiger partial charge in [0.25, 0.3) is 5.91 Å². The quantitative estimate of drug-likeness (QED) is 0.761. The van der Waals surface area contributed by atoms with E-state index < -0.39 is 0 Å². The molecule has 0 aliphatic heterocycles. The number of amides is 1. The maximum absolute atomic E-state index is 12.2. The predicted octanol–water partition coefficient (Wildman–Crippen LogP) is 2.67. The summed E-state index contributed by atoms with van der Waals surface area (Å²) < 4.78 is 15.8. The van der Waals surface area contributed by atoms with Gasteiger partial charge in [-0.2, -0.15) is 0 Å². The highest BCUT2D eigenvalue weighted by atomic mass is 16.5. The highest BCUT2D eigenvalue weighted by molar-refractivity contribution is 5.91. The molecule has 2 rings (SSSR count). The van der Waals surface area contributed by atoms with Crippen LogP contribution in [0, 0.1) is 5.92 Å². The Balaban J connectivity index is 1.98. The number of ether oxygens (including phenoxy) is 2. The molecule has 3 N–H and O–H groups in total. The Kier molecular flexibility index (Phi) is 6.41. The van der Waals surface area contributed by atoms with Crippen LogP contribution in [-0.4, -0.2) is 25.1 Å². The Bertz CT molecular complexity index is 712. The van der Waals surface area contributed by atoms with E-state index in [1.807, 2.05) is 12.1 Å². The van der Waals surface area contributed by atoms with Crippen LogP contribution in [0.3, 0.4) is 0 Å². The Morgan fingerprint density at radius 1 is 1.28 bits per heavy atom. The number of methoxy groups -OCH3 is 2. The second-order valence-corrected chi connectivity index (χ2v) is 6.18. The number of oxazole rings is 1. The molecule has 1 unspecified atom stereocenters. The Hall–Kier alpha value is -2.54.